The van der Waals surface area contributed by atoms with Gasteiger partial charge in [-0.25, -0.2) is 9.18 Å². The number of amides is 1. The maximum atomic E-state index is 13.3. The minimum absolute atomic E-state index is 0.208. The standard InChI is InChI=1S/C11H11BrFNO2/c12-8-4-3-7(6-9(8)13)10-2-1-5-14(10)11(15)16/h3-4,6,10H,1-2,5H2,(H,15,16)/t10-/m1/s1. The van der Waals surface area contributed by atoms with Crippen LogP contribution in [0.4, 0.5) is 9.18 Å². The van der Waals surface area contributed by atoms with E-state index in [2.05, 4.69) is 15.9 Å². The molecule has 0 bridgehead atoms. The van der Waals surface area contributed by atoms with Gasteiger partial charge in [-0.1, -0.05) is 6.07 Å². The summed E-state index contributed by atoms with van der Waals surface area (Å²) >= 11 is 3.08. The molecular formula is C11H11BrFNO2. The van der Waals surface area contributed by atoms with E-state index in [-0.39, 0.29) is 11.9 Å². The van der Waals surface area contributed by atoms with Crippen molar-refractivity contribution >= 4 is 22.0 Å². The lowest BCUT2D eigenvalue weighted by Crippen LogP contribution is -2.28. The van der Waals surface area contributed by atoms with Crippen molar-refractivity contribution in [3.05, 3.63) is 34.1 Å². The van der Waals surface area contributed by atoms with Crippen LogP contribution in [-0.2, 0) is 0 Å². The summed E-state index contributed by atoms with van der Waals surface area (Å²) in [6.07, 6.45) is 0.646. The Hall–Kier alpha value is -1.10. The highest BCUT2D eigenvalue weighted by Crippen LogP contribution is 2.33. The largest absolute Gasteiger partial charge is 0.465 e. The molecule has 1 fully saturated rings. The number of hydrogen-bond donors (Lipinski definition) is 1. The van der Waals surface area contributed by atoms with Gasteiger partial charge >= 0.3 is 6.09 Å². The van der Waals surface area contributed by atoms with Crippen LogP contribution in [0.3, 0.4) is 0 Å². The molecule has 1 saturated heterocycles. The normalized spacial score (nSPS) is 20.1. The third kappa shape index (κ3) is 2.04. The first kappa shape index (κ1) is 11.4. The lowest BCUT2D eigenvalue weighted by molar-refractivity contribution is 0.140. The number of carboxylic acid groups (broad SMARTS) is 1. The minimum Gasteiger partial charge on any atom is -0.465 e. The summed E-state index contributed by atoms with van der Waals surface area (Å²) in [5.41, 5.74) is 0.723. The summed E-state index contributed by atoms with van der Waals surface area (Å²) in [4.78, 5) is 12.3. The van der Waals surface area contributed by atoms with Gasteiger partial charge in [0, 0.05) is 6.54 Å². The van der Waals surface area contributed by atoms with E-state index in [1.165, 1.54) is 11.0 Å². The van der Waals surface area contributed by atoms with Crippen molar-refractivity contribution in [2.45, 2.75) is 18.9 Å². The van der Waals surface area contributed by atoms with Crippen molar-refractivity contribution in [2.24, 2.45) is 0 Å². The van der Waals surface area contributed by atoms with E-state index in [4.69, 9.17) is 5.11 Å². The van der Waals surface area contributed by atoms with Crippen LogP contribution in [0.5, 0.6) is 0 Å². The summed E-state index contributed by atoms with van der Waals surface area (Å²) in [5, 5.41) is 8.99. The molecule has 2 rings (SSSR count). The highest BCUT2D eigenvalue weighted by molar-refractivity contribution is 9.10. The Morgan fingerprint density at radius 1 is 1.56 bits per heavy atom. The van der Waals surface area contributed by atoms with Crippen LogP contribution in [0.1, 0.15) is 24.4 Å². The molecule has 86 valence electrons. The van der Waals surface area contributed by atoms with Crippen LogP contribution < -0.4 is 0 Å². The van der Waals surface area contributed by atoms with E-state index >= 15 is 0 Å². The number of carbonyl (C=O) groups is 1. The van der Waals surface area contributed by atoms with Gasteiger partial charge in [0.25, 0.3) is 0 Å². The lowest BCUT2D eigenvalue weighted by Gasteiger charge is -2.21. The molecule has 0 radical (unpaired) electrons. The van der Waals surface area contributed by atoms with Gasteiger partial charge in [0.2, 0.25) is 0 Å². The molecule has 1 aliphatic rings. The molecule has 1 aromatic rings. The molecule has 0 aliphatic carbocycles. The highest BCUT2D eigenvalue weighted by atomic mass is 79.9. The van der Waals surface area contributed by atoms with Crippen molar-refractivity contribution in [1.29, 1.82) is 0 Å². The van der Waals surface area contributed by atoms with E-state index in [0.717, 1.165) is 18.4 Å². The van der Waals surface area contributed by atoms with E-state index in [1.807, 2.05) is 0 Å². The Balaban J connectivity index is 2.29. The molecule has 0 saturated carbocycles. The van der Waals surface area contributed by atoms with Gasteiger partial charge in [-0.3, -0.25) is 0 Å². The van der Waals surface area contributed by atoms with E-state index in [9.17, 15) is 9.18 Å². The van der Waals surface area contributed by atoms with Crippen LogP contribution in [-0.4, -0.2) is 22.6 Å². The minimum atomic E-state index is -0.939. The van der Waals surface area contributed by atoms with Crippen LogP contribution >= 0.6 is 15.9 Å². The fraction of sp³-hybridized carbons (Fsp3) is 0.364. The van der Waals surface area contributed by atoms with Gasteiger partial charge in [-0.05, 0) is 46.5 Å². The number of rotatable bonds is 1. The molecule has 3 nitrogen and oxygen atoms in total. The first-order valence-electron chi connectivity index (χ1n) is 5.04. The summed E-state index contributed by atoms with van der Waals surface area (Å²) in [5.74, 6) is -0.352. The van der Waals surface area contributed by atoms with Gasteiger partial charge < -0.3 is 10.0 Å². The number of nitrogens with zero attached hydrogens (tertiary/aromatic N) is 1. The Kier molecular flexibility index (Phi) is 3.14. The Morgan fingerprint density at radius 2 is 2.31 bits per heavy atom. The molecule has 5 heteroatoms. The predicted octanol–water partition coefficient (Wildman–Crippen LogP) is 3.40. The SMILES string of the molecule is O=C(O)N1CCC[C@@H]1c1ccc(Br)c(F)c1. The van der Waals surface area contributed by atoms with Gasteiger partial charge in [-0.2, -0.15) is 0 Å². The quantitative estimate of drug-likeness (QED) is 0.860. The molecule has 1 atom stereocenters. The molecule has 1 aliphatic heterocycles. The van der Waals surface area contributed by atoms with Gasteiger partial charge in [0.15, 0.2) is 0 Å². The molecule has 0 unspecified atom stereocenters. The first-order chi connectivity index (χ1) is 7.59. The van der Waals surface area contributed by atoms with Gasteiger partial charge in [0.05, 0.1) is 10.5 Å². The smallest absolute Gasteiger partial charge is 0.407 e. The zero-order chi connectivity index (χ0) is 11.7. The first-order valence-corrected chi connectivity index (χ1v) is 5.83. The van der Waals surface area contributed by atoms with Gasteiger partial charge in [-0.15, -0.1) is 0 Å². The number of likely N-dealkylation sites (tertiary alicyclic amines) is 1. The molecule has 1 aromatic carbocycles. The van der Waals surface area contributed by atoms with Gasteiger partial charge in [0.1, 0.15) is 5.82 Å². The van der Waals surface area contributed by atoms with E-state index in [1.54, 1.807) is 12.1 Å². The highest BCUT2D eigenvalue weighted by Gasteiger charge is 2.29. The topological polar surface area (TPSA) is 40.5 Å². The molecule has 1 heterocycles. The zero-order valence-electron chi connectivity index (χ0n) is 8.49. The predicted molar refractivity (Wildman–Crippen MR) is 60.8 cm³/mol. The van der Waals surface area contributed by atoms with Crippen molar-refractivity contribution in [3.63, 3.8) is 0 Å². The second kappa shape index (κ2) is 4.41. The van der Waals surface area contributed by atoms with E-state index in [0.29, 0.717) is 11.0 Å². The Bertz CT molecular complexity index is 424. The number of benzene rings is 1. The second-order valence-corrected chi connectivity index (χ2v) is 4.66. The summed E-state index contributed by atoms with van der Waals surface area (Å²) < 4.78 is 13.7. The zero-order valence-corrected chi connectivity index (χ0v) is 10.1. The average molecular weight is 288 g/mol. The van der Waals surface area contributed by atoms with Crippen LogP contribution in [0.2, 0.25) is 0 Å². The van der Waals surface area contributed by atoms with Crippen LogP contribution in [0.25, 0.3) is 0 Å². The maximum absolute atomic E-state index is 13.3. The monoisotopic (exact) mass is 287 g/mol. The summed E-state index contributed by atoms with van der Waals surface area (Å²) in [7, 11) is 0. The van der Waals surface area contributed by atoms with E-state index < -0.39 is 6.09 Å². The Labute approximate surface area is 101 Å². The Morgan fingerprint density at radius 3 is 2.94 bits per heavy atom. The summed E-state index contributed by atoms with van der Waals surface area (Å²) in [6, 6.07) is 4.57. The van der Waals surface area contributed by atoms with Crippen molar-refractivity contribution in [2.75, 3.05) is 6.54 Å². The number of hydrogen-bond acceptors (Lipinski definition) is 1. The third-order valence-corrected chi connectivity index (χ3v) is 3.47. The fourth-order valence-electron chi connectivity index (χ4n) is 2.06. The summed E-state index contributed by atoms with van der Waals surface area (Å²) in [6.45, 7) is 0.525. The fourth-order valence-corrected chi connectivity index (χ4v) is 2.31. The molecule has 1 N–H and O–H groups in total. The molecule has 1 amide bonds. The third-order valence-electron chi connectivity index (χ3n) is 2.83. The molecular weight excluding hydrogens is 277 g/mol. The maximum Gasteiger partial charge on any atom is 0.407 e. The second-order valence-electron chi connectivity index (χ2n) is 3.81. The number of halogens is 2. The molecule has 16 heavy (non-hydrogen) atoms. The molecule has 0 aromatic heterocycles. The van der Waals surface area contributed by atoms with Crippen molar-refractivity contribution < 1.29 is 14.3 Å². The van der Waals surface area contributed by atoms with Crippen LogP contribution in [0, 0.1) is 5.82 Å². The lowest BCUT2D eigenvalue weighted by atomic mass is 10.0. The molecule has 0 spiro atoms. The van der Waals surface area contributed by atoms with Crippen molar-refractivity contribution in [1.82, 2.24) is 4.90 Å². The van der Waals surface area contributed by atoms with Crippen molar-refractivity contribution in [3.8, 4) is 0 Å². The average Bonchev–Trinajstić information content (AvgIpc) is 2.71. The van der Waals surface area contributed by atoms with Crippen LogP contribution in [0.15, 0.2) is 22.7 Å².